The lowest BCUT2D eigenvalue weighted by molar-refractivity contribution is -0.150. The second-order valence-electron chi connectivity index (χ2n) is 3.73. The van der Waals surface area contributed by atoms with Crippen LogP contribution in [0.15, 0.2) is 22.6 Å². The molecule has 17 heavy (non-hydrogen) atoms. The van der Waals surface area contributed by atoms with Gasteiger partial charge in [0.05, 0.1) is 0 Å². The standard InChI is InChI=1S/C13H17NO3/c1-4-15-13(16-5-2)12-8-10-11(17-12)7-6-9(3)14-10/h6-8,13H,4-5H2,1-3H3. The zero-order valence-electron chi connectivity index (χ0n) is 10.4. The van der Waals surface area contributed by atoms with E-state index >= 15 is 0 Å². The van der Waals surface area contributed by atoms with Crippen LogP contribution in [-0.2, 0) is 9.47 Å². The molecule has 0 N–H and O–H groups in total. The average Bonchev–Trinajstić information content (AvgIpc) is 2.71. The molecule has 0 aromatic carbocycles. The van der Waals surface area contributed by atoms with Crippen molar-refractivity contribution in [3.8, 4) is 0 Å². The Kier molecular flexibility index (Phi) is 3.76. The molecule has 2 aromatic rings. The van der Waals surface area contributed by atoms with E-state index in [9.17, 15) is 0 Å². The summed E-state index contributed by atoms with van der Waals surface area (Å²) >= 11 is 0. The van der Waals surface area contributed by atoms with Crippen molar-refractivity contribution in [2.24, 2.45) is 0 Å². The maximum absolute atomic E-state index is 5.68. The Hall–Kier alpha value is -1.39. The fraction of sp³-hybridized carbons (Fsp3) is 0.462. The van der Waals surface area contributed by atoms with E-state index in [1.54, 1.807) is 0 Å². The monoisotopic (exact) mass is 235 g/mol. The molecule has 92 valence electrons. The van der Waals surface area contributed by atoms with E-state index in [-0.39, 0.29) is 0 Å². The van der Waals surface area contributed by atoms with Crippen LogP contribution in [0.25, 0.3) is 11.1 Å². The first-order chi connectivity index (χ1) is 8.24. The number of ether oxygens (including phenoxy) is 2. The lowest BCUT2D eigenvalue weighted by Gasteiger charge is -2.13. The molecule has 0 aliphatic heterocycles. The smallest absolute Gasteiger partial charge is 0.217 e. The van der Waals surface area contributed by atoms with E-state index in [0.717, 1.165) is 16.8 Å². The SMILES string of the molecule is CCOC(OCC)c1cc2nc(C)ccc2o1. The van der Waals surface area contributed by atoms with Gasteiger partial charge in [0.1, 0.15) is 5.52 Å². The molecular weight excluding hydrogens is 218 g/mol. The van der Waals surface area contributed by atoms with Crippen LogP contribution in [0.3, 0.4) is 0 Å². The minimum absolute atomic E-state index is 0.445. The Bertz CT molecular complexity index is 486. The van der Waals surface area contributed by atoms with Crippen LogP contribution in [0.5, 0.6) is 0 Å². The van der Waals surface area contributed by atoms with Gasteiger partial charge in [-0.25, -0.2) is 4.98 Å². The van der Waals surface area contributed by atoms with E-state index in [1.807, 2.05) is 39.0 Å². The first kappa shape index (κ1) is 12.1. The van der Waals surface area contributed by atoms with Gasteiger partial charge >= 0.3 is 0 Å². The van der Waals surface area contributed by atoms with Crippen LogP contribution in [0.4, 0.5) is 0 Å². The van der Waals surface area contributed by atoms with Crippen LogP contribution < -0.4 is 0 Å². The molecule has 4 nitrogen and oxygen atoms in total. The predicted octanol–water partition coefficient (Wildman–Crippen LogP) is 3.21. The molecule has 0 spiro atoms. The van der Waals surface area contributed by atoms with Crippen molar-refractivity contribution < 1.29 is 13.9 Å². The fourth-order valence-electron chi connectivity index (χ4n) is 1.68. The largest absolute Gasteiger partial charge is 0.454 e. The Morgan fingerprint density at radius 1 is 1.24 bits per heavy atom. The predicted molar refractivity (Wildman–Crippen MR) is 64.7 cm³/mol. The van der Waals surface area contributed by atoms with E-state index < -0.39 is 6.29 Å². The number of aromatic nitrogens is 1. The van der Waals surface area contributed by atoms with Crippen LogP contribution in [0.2, 0.25) is 0 Å². The molecule has 2 heterocycles. The van der Waals surface area contributed by atoms with E-state index in [4.69, 9.17) is 13.9 Å². The second kappa shape index (κ2) is 5.29. The molecule has 2 rings (SSSR count). The molecule has 4 heteroatoms. The molecule has 0 amide bonds. The summed E-state index contributed by atoms with van der Waals surface area (Å²) in [6, 6.07) is 5.71. The summed E-state index contributed by atoms with van der Waals surface area (Å²) < 4.78 is 16.6. The molecule has 0 radical (unpaired) electrons. The van der Waals surface area contributed by atoms with Gasteiger partial charge < -0.3 is 13.9 Å². The summed E-state index contributed by atoms with van der Waals surface area (Å²) in [7, 11) is 0. The van der Waals surface area contributed by atoms with Gasteiger partial charge in [-0.2, -0.15) is 0 Å². The van der Waals surface area contributed by atoms with Crippen LogP contribution in [0.1, 0.15) is 31.6 Å². The van der Waals surface area contributed by atoms with Gasteiger partial charge in [-0.1, -0.05) is 0 Å². The maximum atomic E-state index is 5.68. The zero-order chi connectivity index (χ0) is 12.3. The Labute approximate surface area is 101 Å². The number of furan rings is 1. The van der Waals surface area contributed by atoms with E-state index in [1.165, 1.54) is 0 Å². The highest BCUT2D eigenvalue weighted by Gasteiger charge is 2.17. The fourth-order valence-corrected chi connectivity index (χ4v) is 1.68. The Morgan fingerprint density at radius 3 is 2.59 bits per heavy atom. The number of hydrogen-bond acceptors (Lipinski definition) is 4. The summed E-state index contributed by atoms with van der Waals surface area (Å²) in [5, 5.41) is 0. The van der Waals surface area contributed by atoms with Crippen molar-refractivity contribution in [2.75, 3.05) is 13.2 Å². The van der Waals surface area contributed by atoms with E-state index in [0.29, 0.717) is 19.0 Å². The van der Waals surface area contributed by atoms with Gasteiger partial charge in [-0.3, -0.25) is 0 Å². The van der Waals surface area contributed by atoms with Crippen molar-refractivity contribution >= 4 is 11.1 Å². The Balaban J connectivity index is 2.33. The third-order valence-corrected chi connectivity index (χ3v) is 2.40. The van der Waals surface area contributed by atoms with Gasteiger partial charge in [0.15, 0.2) is 11.3 Å². The summed E-state index contributed by atoms with van der Waals surface area (Å²) in [6.45, 7) is 6.96. The van der Waals surface area contributed by atoms with Crippen molar-refractivity contribution in [1.82, 2.24) is 4.98 Å². The molecule has 0 atom stereocenters. The second-order valence-corrected chi connectivity index (χ2v) is 3.73. The first-order valence-electron chi connectivity index (χ1n) is 5.85. The van der Waals surface area contributed by atoms with Crippen molar-refractivity contribution in [2.45, 2.75) is 27.1 Å². The summed E-state index contributed by atoms with van der Waals surface area (Å²) in [4.78, 5) is 4.39. The molecule has 0 aliphatic carbocycles. The molecule has 0 aliphatic rings. The number of rotatable bonds is 5. The topological polar surface area (TPSA) is 44.5 Å². The Morgan fingerprint density at radius 2 is 1.94 bits per heavy atom. The normalized spacial score (nSPS) is 11.5. The first-order valence-corrected chi connectivity index (χ1v) is 5.85. The molecular formula is C13H17NO3. The highest BCUT2D eigenvalue weighted by molar-refractivity contribution is 5.73. The highest BCUT2D eigenvalue weighted by Crippen LogP contribution is 2.26. The molecule has 0 saturated carbocycles. The van der Waals surface area contributed by atoms with Gasteiger partial charge in [0.2, 0.25) is 6.29 Å². The number of nitrogens with zero attached hydrogens (tertiary/aromatic N) is 1. The molecule has 0 unspecified atom stereocenters. The van der Waals surface area contributed by atoms with Gasteiger partial charge in [-0.15, -0.1) is 0 Å². The van der Waals surface area contributed by atoms with E-state index in [2.05, 4.69) is 4.98 Å². The van der Waals surface area contributed by atoms with Crippen LogP contribution in [-0.4, -0.2) is 18.2 Å². The van der Waals surface area contributed by atoms with Crippen molar-refractivity contribution in [3.63, 3.8) is 0 Å². The minimum atomic E-state index is -0.445. The maximum Gasteiger partial charge on any atom is 0.217 e. The van der Waals surface area contributed by atoms with Gasteiger partial charge in [0.25, 0.3) is 0 Å². The number of fused-ring (bicyclic) bond motifs is 1. The summed E-state index contributed by atoms with van der Waals surface area (Å²) in [5.41, 5.74) is 2.56. The third-order valence-electron chi connectivity index (χ3n) is 2.40. The summed E-state index contributed by atoms with van der Waals surface area (Å²) in [5.74, 6) is 0.668. The zero-order valence-corrected chi connectivity index (χ0v) is 10.4. The van der Waals surface area contributed by atoms with Gasteiger partial charge in [-0.05, 0) is 32.9 Å². The molecule has 0 bridgehead atoms. The number of hydrogen-bond donors (Lipinski definition) is 0. The molecule has 0 fully saturated rings. The quantitative estimate of drug-likeness (QED) is 0.746. The lowest BCUT2D eigenvalue weighted by atomic mass is 10.3. The van der Waals surface area contributed by atoms with Crippen molar-refractivity contribution in [1.29, 1.82) is 0 Å². The van der Waals surface area contributed by atoms with Crippen LogP contribution >= 0.6 is 0 Å². The van der Waals surface area contributed by atoms with Crippen LogP contribution in [0, 0.1) is 6.92 Å². The van der Waals surface area contributed by atoms with Gasteiger partial charge in [0, 0.05) is 25.0 Å². The molecule has 0 saturated heterocycles. The number of aryl methyl sites for hydroxylation is 1. The lowest BCUT2D eigenvalue weighted by Crippen LogP contribution is -2.07. The number of pyridine rings is 1. The third kappa shape index (κ3) is 2.65. The highest BCUT2D eigenvalue weighted by atomic mass is 16.7. The molecule has 2 aromatic heterocycles. The summed E-state index contributed by atoms with van der Waals surface area (Å²) in [6.07, 6.45) is -0.445. The van der Waals surface area contributed by atoms with Crippen molar-refractivity contribution in [3.05, 3.63) is 29.7 Å². The minimum Gasteiger partial charge on any atom is -0.454 e. The average molecular weight is 235 g/mol.